The minimum atomic E-state index is 0.600. The molecule has 0 bridgehead atoms. The largest absolute Gasteiger partial charge is 0.352 e. The molecule has 3 rings (SSSR count). The standard InChI is InChI=1S/C13H24N4/c1-2-7-12-11(6-1)16-13(17-12)15-9-10-5-3-4-8-14-10/h10-12,14H,1-9H2,(H2,15,16,17). The van der Waals surface area contributed by atoms with Crippen LogP contribution in [-0.2, 0) is 0 Å². The second-order valence-corrected chi connectivity index (χ2v) is 5.62. The molecule has 0 aromatic carbocycles. The molecule has 3 fully saturated rings. The molecular formula is C13H24N4. The van der Waals surface area contributed by atoms with E-state index in [9.17, 15) is 0 Å². The zero-order valence-corrected chi connectivity index (χ0v) is 10.5. The van der Waals surface area contributed by atoms with Crippen LogP contribution in [0.3, 0.4) is 0 Å². The van der Waals surface area contributed by atoms with Gasteiger partial charge in [-0.25, -0.2) is 0 Å². The van der Waals surface area contributed by atoms with Crippen molar-refractivity contribution >= 4 is 5.96 Å². The molecule has 0 spiro atoms. The quantitative estimate of drug-likeness (QED) is 0.670. The van der Waals surface area contributed by atoms with E-state index in [0.717, 1.165) is 12.5 Å². The van der Waals surface area contributed by atoms with Crippen molar-refractivity contribution in [1.82, 2.24) is 16.0 Å². The fourth-order valence-electron chi connectivity index (χ4n) is 3.24. The smallest absolute Gasteiger partial charge is 0.191 e. The lowest BCUT2D eigenvalue weighted by atomic mass is 9.92. The molecule has 4 heteroatoms. The van der Waals surface area contributed by atoms with E-state index in [1.165, 1.54) is 51.5 Å². The highest BCUT2D eigenvalue weighted by Gasteiger charge is 2.32. The molecule has 0 aromatic heterocycles. The maximum Gasteiger partial charge on any atom is 0.191 e. The summed E-state index contributed by atoms with van der Waals surface area (Å²) >= 11 is 0. The summed E-state index contributed by atoms with van der Waals surface area (Å²) in [4.78, 5) is 4.70. The third-order valence-electron chi connectivity index (χ3n) is 4.29. The summed E-state index contributed by atoms with van der Waals surface area (Å²) in [7, 11) is 0. The summed E-state index contributed by atoms with van der Waals surface area (Å²) in [6.07, 6.45) is 9.31. The highest BCUT2D eigenvalue weighted by molar-refractivity contribution is 5.83. The van der Waals surface area contributed by atoms with Crippen molar-refractivity contribution in [3.8, 4) is 0 Å². The summed E-state index contributed by atoms with van der Waals surface area (Å²) < 4.78 is 0. The van der Waals surface area contributed by atoms with Gasteiger partial charge in [0.15, 0.2) is 5.96 Å². The number of nitrogens with one attached hydrogen (secondary N) is 3. The van der Waals surface area contributed by atoms with Gasteiger partial charge in [-0.3, -0.25) is 4.99 Å². The van der Waals surface area contributed by atoms with Crippen LogP contribution >= 0.6 is 0 Å². The molecule has 4 nitrogen and oxygen atoms in total. The van der Waals surface area contributed by atoms with Crippen molar-refractivity contribution in [1.29, 1.82) is 0 Å². The Morgan fingerprint density at radius 2 is 1.65 bits per heavy atom. The molecule has 96 valence electrons. The Balaban J connectivity index is 1.51. The van der Waals surface area contributed by atoms with Gasteiger partial charge in [-0.2, -0.15) is 0 Å². The van der Waals surface area contributed by atoms with Crippen LogP contribution in [0.1, 0.15) is 44.9 Å². The highest BCUT2D eigenvalue weighted by Crippen LogP contribution is 2.21. The third kappa shape index (κ3) is 2.73. The maximum absolute atomic E-state index is 4.70. The van der Waals surface area contributed by atoms with E-state index < -0.39 is 0 Å². The van der Waals surface area contributed by atoms with Gasteiger partial charge in [0, 0.05) is 18.1 Å². The molecule has 2 heterocycles. The van der Waals surface area contributed by atoms with Crippen molar-refractivity contribution in [3.63, 3.8) is 0 Å². The molecule has 3 N–H and O–H groups in total. The number of rotatable bonds is 2. The van der Waals surface area contributed by atoms with Crippen molar-refractivity contribution in [2.75, 3.05) is 13.1 Å². The first-order valence-corrected chi connectivity index (χ1v) is 7.23. The fraction of sp³-hybridized carbons (Fsp3) is 0.923. The first kappa shape index (κ1) is 11.3. The molecule has 0 radical (unpaired) electrons. The summed E-state index contributed by atoms with van der Waals surface area (Å²) in [5, 5.41) is 10.6. The Morgan fingerprint density at radius 3 is 2.29 bits per heavy atom. The average Bonchev–Trinajstić information content (AvgIpc) is 2.80. The number of guanidine groups is 1. The summed E-state index contributed by atoms with van der Waals surface area (Å²) in [5.74, 6) is 1.05. The van der Waals surface area contributed by atoms with Crippen LogP contribution in [0.15, 0.2) is 4.99 Å². The monoisotopic (exact) mass is 236 g/mol. The van der Waals surface area contributed by atoms with Gasteiger partial charge < -0.3 is 16.0 Å². The van der Waals surface area contributed by atoms with Crippen LogP contribution in [0.5, 0.6) is 0 Å². The normalized spacial score (nSPS) is 36.9. The van der Waals surface area contributed by atoms with E-state index in [1.54, 1.807) is 0 Å². The minimum absolute atomic E-state index is 0.600. The fourth-order valence-corrected chi connectivity index (χ4v) is 3.24. The van der Waals surface area contributed by atoms with E-state index in [0.29, 0.717) is 18.1 Å². The molecule has 3 unspecified atom stereocenters. The Morgan fingerprint density at radius 1 is 0.941 bits per heavy atom. The zero-order valence-electron chi connectivity index (χ0n) is 10.5. The Kier molecular flexibility index (Phi) is 3.50. The molecule has 2 aliphatic heterocycles. The van der Waals surface area contributed by atoms with E-state index in [4.69, 9.17) is 4.99 Å². The zero-order chi connectivity index (χ0) is 11.5. The summed E-state index contributed by atoms with van der Waals surface area (Å²) in [6.45, 7) is 2.09. The number of fused-ring (bicyclic) bond motifs is 1. The topological polar surface area (TPSA) is 48.5 Å². The molecule has 0 amide bonds. The van der Waals surface area contributed by atoms with Crippen molar-refractivity contribution in [2.45, 2.75) is 63.1 Å². The molecule has 2 saturated heterocycles. The van der Waals surface area contributed by atoms with Gasteiger partial charge in [0.1, 0.15) is 0 Å². The van der Waals surface area contributed by atoms with Crippen LogP contribution in [-0.4, -0.2) is 37.2 Å². The maximum atomic E-state index is 4.70. The third-order valence-corrected chi connectivity index (χ3v) is 4.29. The molecule has 3 atom stereocenters. The van der Waals surface area contributed by atoms with Crippen molar-refractivity contribution < 1.29 is 0 Å². The lowest BCUT2D eigenvalue weighted by Crippen LogP contribution is -2.37. The highest BCUT2D eigenvalue weighted by atomic mass is 15.3. The Bertz CT molecular complexity index is 267. The van der Waals surface area contributed by atoms with E-state index in [-0.39, 0.29) is 0 Å². The second-order valence-electron chi connectivity index (χ2n) is 5.62. The predicted molar refractivity (Wildman–Crippen MR) is 70.3 cm³/mol. The summed E-state index contributed by atoms with van der Waals surface area (Å²) in [6, 6.07) is 1.88. The number of piperidine rings is 1. The van der Waals surface area contributed by atoms with Gasteiger partial charge in [-0.15, -0.1) is 0 Å². The SMILES string of the molecule is C1CCC(CN=C2NC3CCCCC3N2)NC1. The lowest BCUT2D eigenvalue weighted by Gasteiger charge is -2.23. The second kappa shape index (κ2) is 5.25. The Labute approximate surface area is 104 Å². The van der Waals surface area contributed by atoms with Crippen LogP contribution in [0, 0.1) is 0 Å². The van der Waals surface area contributed by atoms with Crippen LogP contribution in [0.25, 0.3) is 0 Å². The Hall–Kier alpha value is -0.770. The number of hydrogen-bond donors (Lipinski definition) is 3. The van der Waals surface area contributed by atoms with E-state index >= 15 is 0 Å². The average molecular weight is 236 g/mol. The molecule has 1 aliphatic carbocycles. The van der Waals surface area contributed by atoms with Crippen LogP contribution < -0.4 is 16.0 Å². The minimum Gasteiger partial charge on any atom is -0.352 e. The first-order chi connectivity index (χ1) is 8.42. The number of nitrogens with zero attached hydrogens (tertiary/aromatic N) is 1. The molecular weight excluding hydrogens is 212 g/mol. The number of aliphatic imine (C=N–C) groups is 1. The van der Waals surface area contributed by atoms with Gasteiger partial charge in [0.05, 0.1) is 6.54 Å². The number of hydrogen-bond acceptors (Lipinski definition) is 2. The van der Waals surface area contributed by atoms with E-state index in [1.807, 2.05) is 0 Å². The summed E-state index contributed by atoms with van der Waals surface area (Å²) in [5.41, 5.74) is 0. The van der Waals surface area contributed by atoms with Gasteiger partial charge in [0.25, 0.3) is 0 Å². The van der Waals surface area contributed by atoms with Gasteiger partial charge >= 0.3 is 0 Å². The van der Waals surface area contributed by atoms with Crippen molar-refractivity contribution in [3.05, 3.63) is 0 Å². The molecule has 3 aliphatic rings. The van der Waals surface area contributed by atoms with Gasteiger partial charge in [0.2, 0.25) is 0 Å². The lowest BCUT2D eigenvalue weighted by molar-refractivity contribution is 0.374. The van der Waals surface area contributed by atoms with Crippen molar-refractivity contribution in [2.24, 2.45) is 4.99 Å². The van der Waals surface area contributed by atoms with Gasteiger partial charge in [-0.05, 0) is 32.2 Å². The predicted octanol–water partition coefficient (Wildman–Crippen LogP) is 0.989. The van der Waals surface area contributed by atoms with E-state index in [2.05, 4.69) is 16.0 Å². The first-order valence-electron chi connectivity index (χ1n) is 7.23. The molecule has 0 aromatic rings. The van der Waals surface area contributed by atoms with Crippen LogP contribution in [0.4, 0.5) is 0 Å². The molecule has 1 saturated carbocycles. The molecule has 17 heavy (non-hydrogen) atoms. The van der Waals surface area contributed by atoms with Crippen LogP contribution in [0.2, 0.25) is 0 Å². The van der Waals surface area contributed by atoms with Gasteiger partial charge in [-0.1, -0.05) is 19.3 Å².